The lowest BCUT2D eigenvalue weighted by Crippen LogP contribution is -2.39. The van der Waals surface area contributed by atoms with Gasteiger partial charge in [-0.05, 0) is 25.3 Å². The number of ether oxygens (including phenoxy) is 1. The molecule has 0 saturated carbocycles. The topological polar surface area (TPSA) is 54.7 Å². The minimum absolute atomic E-state index is 0.834. The fourth-order valence-electron chi connectivity index (χ4n) is 3.25. The van der Waals surface area contributed by atoms with Crippen LogP contribution in [0.25, 0.3) is 16.1 Å². The number of aryl methyl sites for hydroxylation is 2. The molecule has 1 saturated heterocycles. The Morgan fingerprint density at radius 3 is 2.88 bits per heavy atom. The van der Waals surface area contributed by atoms with Crippen molar-refractivity contribution >= 4 is 22.8 Å². The fraction of sp³-hybridized carbons (Fsp3) is 0.444. The number of fused-ring (bicyclic) bond motifs is 1. The van der Waals surface area contributed by atoms with Crippen LogP contribution in [0.5, 0.6) is 0 Å². The average molecular weight is 357 g/mol. The molecule has 0 radical (unpaired) electrons. The molecule has 0 amide bonds. The van der Waals surface area contributed by atoms with Crippen LogP contribution in [0.3, 0.4) is 0 Å². The number of thiophene rings is 1. The molecule has 0 aromatic carbocycles. The molecule has 1 aliphatic rings. The van der Waals surface area contributed by atoms with E-state index in [9.17, 15) is 0 Å². The summed E-state index contributed by atoms with van der Waals surface area (Å²) in [5, 5.41) is 10.4. The Bertz CT molecular complexity index is 852. The highest BCUT2D eigenvalue weighted by Crippen LogP contribution is 2.32. The van der Waals surface area contributed by atoms with Gasteiger partial charge in [0.2, 0.25) is 0 Å². The molecule has 1 fully saturated rings. The number of nitrogens with one attached hydrogen (secondary N) is 1. The van der Waals surface area contributed by atoms with Gasteiger partial charge in [0.15, 0.2) is 5.65 Å². The summed E-state index contributed by atoms with van der Waals surface area (Å²) in [6, 6.07) is 6.27. The van der Waals surface area contributed by atoms with Crippen LogP contribution < -0.4 is 5.32 Å². The Labute approximate surface area is 151 Å². The summed E-state index contributed by atoms with van der Waals surface area (Å²) in [4.78, 5) is 8.39. The number of nitrogens with zero attached hydrogens (tertiary/aromatic N) is 4. The molecule has 0 atom stereocenters. The average Bonchev–Trinajstić information content (AvgIpc) is 3.23. The first-order chi connectivity index (χ1) is 12.2. The van der Waals surface area contributed by atoms with E-state index < -0.39 is 0 Å². The summed E-state index contributed by atoms with van der Waals surface area (Å²) < 4.78 is 7.35. The molecule has 132 valence electrons. The summed E-state index contributed by atoms with van der Waals surface area (Å²) in [6.07, 6.45) is 0. The molecule has 6 nitrogen and oxygen atoms in total. The van der Waals surface area contributed by atoms with Crippen LogP contribution in [-0.4, -0.2) is 58.9 Å². The molecule has 0 aliphatic carbocycles. The molecule has 7 heteroatoms. The highest BCUT2D eigenvalue weighted by Gasteiger charge is 2.17. The lowest BCUT2D eigenvalue weighted by Gasteiger charge is -2.26. The highest BCUT2D eigenvalue weighted by atomic mass is 32.1. The van der Waals surface area contributed by atoms with Gasteiger partial charge in [-0.25, -0.2) is 4.98 Å². The predicted molar refractivity (Wildman–Crippen MR) is 102 cm³/mol. The minimum atomic E-state index is 0.834. The number of hydrogen-bond donors (Lipinski definition) is 1. The van der Waals surface area contributed by atoms with Crippen molar-refractivity contribution in [2.75, 3.05) is 44.7 Å². The SMILES string of the molecule is Cc1cc(NCCN2CCOCC2)n2nc(C)c(-c3cccs3)c2n1. The lowest BCUT2D eigenvalue weighted by atomic mass is 10.2. The van der Waals surface area contributed by atoms with Gasteiger partial charge in [-0.2, -0.15) is 9.61 Å². The van der Waals surface area contributed by atoms with Gasteiger partial charge in [-0.15, -0.1) is 11.3 Å². The van der Waals surface area contributed by atoms with Crippen molar-refractivity contribution in [1.29, 1.82) is 0 Å². The minimum Gasteiger partial charge on any atom is -0.379 e. The molecule has 0 bridgehead atoms. The quantitative estimate of drug-likeness (QED) is 0.761. The van der Waals surface area contributed by atoms with E-state index in [4.69, 9.17) is 14.8 Å². The second-order valence-corrected chi connectivity index (χ2v) is 7.28. The first-order valence-electron chi connectivity index (χ1n) is 8.67. The molecular formula is C18H23N5OS. The Morgan fingerprint density at radius 1 is 1.28 bits per heavy atom. The van der Waals surface area contributed by atoms with E-state index in [1.54, 1.807) is 11.3 Å². The molecular weight excluding hydrogens is 334 g/mol. The van der Waals surface area contributed by atoms with Crippen molar-refractivity contribution in [2.24, 2.45) is 0 Å². The van der Waals surface area contributed by atoms with Crippen LogP contribution in [0.1, 0.15) is 11.4 Å². The summed E-state index contributed by atoms with van der Waals surface area (Å²) >= 11 is 1.73. The number of hydrogen-bond acceptors (Lipinski definition) is 6. The zero-order chi connectivity index (χ0) is 17.2. The lowest BCUT2D eigenvalue weighted by molar-refractivity contribution is 0.0398. The summed E-state index contributed by atoms with van der Waals surface area (Å²) in [5.74, 6) is 1.00. The zero-order valence-corrected chi connectivity index (χ0v) is 15.5. The van der Waals surface area contributed by atoms with Gasteiger partial charge in [0.05, 0.1) is 24.5 Å². The van der Waals surface area contributed by atoms with Crippen molar-refractivity contribution < 1.29 is 4.74 Å². The van der Waals surface area contributed by atoms with Gasteiger partial charge in [-0.1, -0.05) is 6.07 Å². The number of morpholine rings is 1. The number of rotatable bonds is 5. The third-order valence-corrected chi connectivity index (χ3v) is 5.38. The van der Waals surface area contributed by atoms with Crippen LogP contribution in [0, 0.1) is 13.8 Å². The van der Waals surface area contributed by atoms with E-state index in [-0.39, 0.29) is 0 Å². The van der Waals surface area contributed by atoms with Crippen LogP contribution in [0.15, 0.2) is 23.6 Å². The smallest absolute Gasteiger partial charge is 0.166 e. The van der Waals surface area contributed by atoms with Gasteiger partial charge < -0.3 is 10.1 Å². The molecule has 3 aromatic heterocycles. The summed E-state index contributed by atoms with van der Waals surface area (Å²) in [5.41, 5.74) is 4.07. The maximum absolute atomic E-state index is 5.41. The summed E-state index contributed by atoms with van der Waals surface area (Å²) in [6.45, 7) is 9.66. The van der Waals surface area contributed by atoms with Crippen molar-refractivity contribution in [3.8, 4) is 10.4 Å². The van der Waals surface area contributed by atoms with Crippen molar-refractivity contribution in [3.05, 3.63) is 35.0 Å². The molecule has 1 N–H and O–H groups in total. The second kappa shape index (κ2) is 7.11. The number of anilines is 1. The molecule has 25 heavy (non-hydrogen) atoms. The van der Waals surface area contributed by atoms with Crippen LogP contribution in [0.4, 0.5) is 5.82 Å². The Balaban J connectivity index is 1.59. The zero-order valence-electron chi connectivity index (χ0n) is 14.7. The first-order valence-corrected chi connectivity index (χ1v) is 9.55. The van der Waals surface area contributed by atoms with E-state index >= 15 is 0 Å². The van der Waals surface area contributed by atoms with E-state index in [1.807, 2.05) is 11.4 Å². The third-order valence-electron chi connectivity index (χ3n) is 4.50. The van der Waals surface area contributed by atoms with Gasteiger partial charge in [0.1, 0.15) is 5.82 Å². The molecule has 4 rings (SSSR count). The van der Waals surface area contributed by atoms with E-state index in [0.29, 0.717) is 0 Å². The van der Waals surface area contributed by atoms with Crippen molar-refractivity contribution in [1.82, 2.24) is 19.5 Å². The standard InChI is InChI=1S/C18H23N5OS/c1-13-12-16(19-5-6-22-7-9-24-10-8-22)23-18(20-13)17(14(2)21-23)15-4-3-11-25-15/h3-4,11-12,19H,5-10H2,1-2H3. The van der Waals surface area contributed by atoms with Gasteiger partial charge in [-0.3, -0.25) is 4.90 Å². The van der Waals surface area contributed by atoms with Gasteiger partial charge in [0.25, 0.3) is 0 Å². The van der Waals surface area contributed by atoms with E-state index in [2.05, 4.69) is 40.7 Å². The second-order valence-electron chi connectivity index (χ2n) is 6.34. The van der Waals surface area contributed by atoms with Crippen molar-refractivity contribution in [2.45, 2.75) is 13.8 Å². The fourth-order valence-corrected chi connectivity index (χ4v) is 4.06. The maximum Gasteiger partial charge on any atom is 0.166 e. The molecule has 3 aromatic rings. The van der Waals surface area contributed by atoms with Crippen molar-refractivity contribution in [3.63, 3.8) is 0 Å². The van der Waals surface area contributed by atoms with Crippen LogP contribution >= 0.6 is 11.3 Å². The van der Waals surface area contributed by atoms with Gasteiger partial charge >= 0.3 is 0 Å². The highest BCUT2D eigenvalue weighted by molar-refractivity contribution is 7.13. The molecule has 0 spiro atoms. The largest absolute Gasteiger partial charge is 0.379 e. The molecule has 0 unspecified atom stereocenters. The maximum atomic E-state index is 5.41. The summed E-state index contributed by atoms with van der Waals surface area (Å²) in [7, 11) is 0. The predicted octanol–water partition coefficient (Wildman–Crippen LogP) is 2.82. The Kier molecular flexibility index (Phi) is 4.70. The van der Waals surface area contributed by atoms with Gasteiger partial charge in [0, 0.05) is 42.8 Å². The van der Waals surface area contributed by atoms with Crippen LogP contribution in [0.2, 0.25) is 0 Å². The number of aromatic nitrogens is 3. The first kappa shape index (κ1) is 16.5. The monoisotopic (exact) mass is 357 g/mol. The van der Waals surface area contributed by atoms with Crippen LogP contribution in [-0.2, 0) is 4.74 Å². The van der Waals surface area contributed by atoms with E-state index in [1.165, 1.54) is 4.88 Å². The third kappa shape index (κ3) is 3.40. The molecule has 4 heterocycles. The molecule has 1 aliphatic heterocycles. The normalized spacial score (nSPS) is 15.8. The Hall–Kier alpha value is -1.96. The Morgan fingerprint density at radius 2 is 2.12 bits per heavy atom. The van der Waals surface area contributed by atoms with E-state index in [0.717, 1.165) is 67.8 Å².